The molecule has 1 amide bonds. The number of nitrogens with one attached hydrogen (secondary N) is 1. The zero-order chi connectivity index (χ0) is 15.2. The molecule has 0 saturated heterocycles. The van der Waals surface area contributed by atoms with Crippen molar-refractivity contribution in [3.8, 4) is 0 Å². The fourth-order valence-corrected chi connectivity index (χ4v) is 3.38. The third-order valence-corrected chi connectivity index (χ3v) is 4.72. The molecular weight excluding hydrogens is 266 g/mol. The minimum atomic E-state index is -0.257. The lowest BCUT2D eigenvalue weighted by atomic mass is 9.76. The van der Waals surface area contributed by atoms with Gasteiger partial charge in [-0.05, 0) is 42.7 Å². The minimum Gasteiger partial charge on any atom is -0.349 e. The summed E-state index contributed by atoms with van der Waals surface area (Å²) < 4.78 is 1.61. The standard InChI is InChI=1S/C16H23N3O2/c1-10(2)9-19-5-3-4-12(15(19)21)14(20)18-11-6-16(7-11)8-13(16)17/h3-5,10-11,13H,6-9,17H2,1-2H3,(H,18,20). The summed E-state index contributed by atoms with van der Waals surface area (Å²) in [5.74, 6) is 0.107. The van der Waals surface area contributed by atoms with Crippen molar-refractivity contribution in [2.45, 2.75) is 51.7 Å². The summed E-state index contributed by atoms with van der Waals surface area (Å²) in [7, 11) is 0. The first-order chi connectivity index (χ1) is 9.91. The Morgan fingerprint density at radius 2 is 2.14 bits per heavy atom. The summed E-state index contributed by atoms with van der Waals surface area (Å²) in [5.41, 5.74) is 6.22. The predicted molar refractivity (Wildman–Crippen MR) is 81.1 cm³/mol. The second-order valence-corrected chi connectivity index (χ2v) is 7.02. The Bertz CT molecular complexity index is 614. The maximum absolute atomic E-state index is 12.3. The number of carbonyl (C=O) groups is 1. The SMILES string of the molecule is CC(C)Cn1cccc(C(=O)NC2CC3(C2)CC3N)c1=O. The van der Waals surface area contributed by atoms with Crippen LogP contribution in [0.5, 0.6) is 0 Å². The number of hydrogen-bond acceptors (Lipinski definition) is 3. The van der Waals surface area contributed by atoms with Crippen LogP contribution in [0.1, 0.15) is 43.5 Å². The van der Waals surface area contributed by atoms with Crippen molar-refractivity contribution in [1.82, 2.24) is 9.88 Å². The summed E-state index contributed by atoms with van der Waals surface area (Å²) >= 11 is 0. The first kappa shape index (κ1) is 14.3. The molecule has 1 atom stereocenters. The minimum absolute atomic E-state index is 0.171. The van der Waals surface area contributed by atoms with Gasteiger partial charge in [-0.1, -0.05) is 13.8 Å². The number of amides is 1. The lowest BCUT2D eigenvalue weighted by molar-refractivity contribution is 0.0871. The molecule has 3 N–H and O–H groups in total. The Kier molecular flexibility index (Phi) is 3.40. The predicted octanol–water partition coefficient (Wildman–Crippen LogP) is 1.11. The topological polar surface area (TPSA) is 77.1 Å². The molecule has 2 aliphatic carbocycles. The maximum atomic E-state index is 12.3. The van der Waals surface area contributed by atoms with Crippen molar-refractivity contribution in [2.75, 3.05) is 0 Å². The van der Waals surface area contributed by atoms with Crippen molar-refractivity contribution in [2.24, 2.45) is 17.1 Å². The van der Waals surface area contributed by atoms with E-state index in [0.29, 0.717) is 23.9 Å². The molecule has 1 unspecified atom stereocenters. The zero-order valence-electron chi connectivity index (χ0n) is 12.6. The highest BCUT2D eigenvalue weighted by atomic mass is 16.2. The third kappa shape index (κ3) is 2.62. The molecule has 1 aromatic rings. The molecular formula is C16H23N3O2. The lowest BCUT2D eigenvalue weighted by Crippen LogP contribution is -2.48. The number of nitrogens with two attached hydrogens (primary N) is 1. The van der Waals surface area contributed by atoms with E-state index >= 15 is 0 Å². The van der Waals surface area contributed by atoms with Crippen LogP contribution in [-0.4, -0.2) is 22.6 Å². The Hall–Kier alpha value is -1.62. The fourth-order valence-electron chi connectivity index (χ4n) is 3.38. The van der Waals surface area contributed by atoms with E-state index in [1.807, 2.05) is 13.8 Å². The molecule has 0 bridgehead atoms. The van der Waals surface area contributed by atoms with Crippen LogP contribution in [0.3, 0.4) is 0 Å². The van der Waals surface area contributed by atoms with E-state index in [-0.39, 0.29) is 23.1 Å². The van der Waals surface area contributed by atoms with Crippen LogP contribution in [0.2, 0.25) is 0 Å². The van der Waals surface area contributed by atoms with Gasteiger partial charge in [-0.25, -0.2) is 0 Å². The van der Waals surface area contributed by atoms with Crippen molar-refractivity contribution in [1.29, 1.82) is 0 Å². The van der Waals surface area contributed by atoms with Crippen LogP contribution >= 0.6 is 0 Å². The van der Waals surface area contributed by atoms with Gasteiger partial charge in [-0.2, -0.15) is 0 Å². The van der Waals surface area contributed by atoms with Crippen molar-refractivity contribution < 1.29 is 4.79 Å². The monoisotopic (exact) mass is 289 g/mol. The quantitative estimate of drug-likeness (QED) is 0.872. The van der Waals surface area contributed by atoms with E-state index in [1.54, 1.807) is 22.9 Å². The van der Waals surface area contributed by atoms with Gasteiger partial charge in [0.25, 0.3) is 11.5 Å². The molecule has 0 aromatic carbocycles. The number of rotatable bonds is 4. The van der Waals surface area contributed by atoms with Crippen molar-refractivity contribution in [3.05, 3.63) is 34.2 Å². The highest BCUT2D eigenvalue weighted by Crippen LogP contribution is 2.59. The molecule has 0 radical (unpaired) electrons. The Morgan fingerprint density at radius 1 is 1.48 bits per heavy atom. The molecule has 5 nitrogen and oxygen atoms in total. The maximum Gasteiger partial charge on any atom is 0.263 e. The summed E-state index contributed by atoms with van der Waals surface area (Å²) in [5, 5.41) is 2.96. The van der Waals surface area contributed by atoms with E-state index in [9.17, 15) is 9.59 Å². The van der Waals surface area contributed by atoms with Gasteiger partial charge in [-0.15, -0.1) is 0 Å². The van der Waals surface area contributed by atoms with Crippen molar-refractivity contribution >= 4 is 5.91 Å². The van der Waals surface area contributed by atoms with E-state index in [2.05, 4.69) is 5.32 Å². The number of nitrogens with zero attached hydrogens (tertiary/aromatic N) is 1. The zero-order valence-corrected chi connectivity index (χ0v) is 12.6. The summed E-state index contributed by atoms with van der Waals surface area (Å²) in [6.07, 6.45) is 4.71. The largest absolute Gasteiger partial charge is 0.349 e. The molecule has 2 saturated carbocycles. The average Bonchev–Trinajstić information content (AvgIpc) is 3.02. The highest BCUT2D eigenvalue weighted by molar-refractivity contribution is 5.94. The Balaban J connectivity index is 1.66. The first-order valence-electron chi connectivity index (χ1n) is 7.67. The number of pyridine rings is 1. The van der Waals surface area contributed by atoms with Gasteiger partial charge < -0.3 is 15.6 Å². The van der Waals surface area contributed by atoms with Crippen LogP contribution in [0.15, 0.2) is 23.1 Å². The summed E-state index contributed by atoms with van der Waals surface area (Å²) in [4.78, 5) is 24.6. The van der Waals surface area contributed by atoms with E-state index in [4.69, 9.17) is 5.73 Å². The smallest absolute Gasteiger partial charge is 0.263 e. The van der Waals surface area contributed by atoms with E-state index in [1.165, 1.54) is 0 Å². The van der Waals surface area contributed by atoms with Gasteiger partial charge >= 0.3 is 0 Å². The van der Waals surface area contributed by atoms with Gasteiger partial charge in [0.05, 0.1) is 0 Å². The van der Waals surface area contributed by atoms with E-state index in [0.717, 1.165) is 19.3 Å². The van der Waals surface area contributed by atoms with Crippen LogP contribution in [0, 0.1) is 11.3 Å². The van der Waals surface area contributed by atoms with E-state index < -0.39 is 0 Å². The Labute approximate surface area is 124 Å². The van der Waals surface area contributed by atoms with Crippen LogP contribution in [0.4, 0.5) is 0 Å². The van der Waals surface area contributed by atoms with Gasteiger partial charge in [0.15, 0.2) is 0 Å². The number of aromatic nitrogens is 1. The molecule has 5 heteroatoms. The van der Waals surface area contributed by atoms with Crippen molar-refractivity contribution in [3.63, 3.8) is 0 Å². The molecule has 2 aliphatic rings. The molecule has 2 fully saturated rings. The number of hydrogen-bond donors (Lipinski definition) is 2. The highest BCUT2D eigenvalue weighted by Gasteiger charge is 2.60. The van der Waals surface area contributed by atoms with Crippen LogP contribution in [0.25, 0.3) is 0 Å². The third-order valence-electron chi connectivity index (χ3n) is 4.72. The second-order valence-electron chi connectivity index (χ2n) is 7.02. The summed E-state index contributed by atoms with van der Waals surface area (Å²) in [6.45, 7) is 4.72. The van der Waals surface area contributed by atoms with Crippen LogP contribution in [-0.2, 0) is 6.54 Å². The molecule has 3 rings (SSSR count). The molecule has 21 heavy (non-hydrogen) atoms. The number of carbonyl (C=O) groups excluding carboxylic acids is 1. The van der Waals surface area contributed by atoms with Gasteiger partial charge in [0.1, 0.15) is 5.56 Å². The van der Waals surface area contributed by atoms with Crippen LogP contribution < -0.4 is 16.6 Å². The first-order valence-corrected chi connectivity index (χ1v) is 7.67. The molecule has 1 spiro atoms. The Morgan fingerprint density at radius 3 is 2.71 bits per heavy atom. The molecule has 1 aromatic heterocycles. The molecule has 0 aliphatic heterocycles. The summed E-state index contributed by atoms with van der Waals surface area (Å²) in [6, 6.07) is 3.85. The van der Waals surface area contributed by atoms with Gasteiger partial charge in [-0.3, -0.25) is 9.59 Å². The fraction of sp³-hybridized carbons (Fsp3) is 0.625. The lowest BCUT2D eigenvalue weighted by Gasteiger charge is -2.36. The van der Waals surface area contributed by atoms with Gasteiger partial charge in [0, 0.05) is 24.8 Å². The second kappa shape index (κ2) is 4.98. The molecule has 114 valence electrons. The normalized spacial score (nSPS) is 30.3. The molecule has 1 heterocycles. The average molecular weight is 289 g/mol. The van der Waals surface area contributed by atoms with Gasteiger partial charge in [0.2, 0.25) is 0 Å².